The summed E-state index contributed by atoms with van der Waals surface area (Å²) >= 11 is 6.03. The fraction of sp³-hybridized carbons (Fsp3) is 0.360. The number of hydrogen-bond donors (Lipinski definition) is 1. The summed E-state index contributed by atoms with van der Waals surface area (Å²) in [6.07, 6.45) is -0.140. The van der Waals surface area contributed by atoms with Crippen molar-refractivity contribution in [3.05, 3.63) is 87.8 Å². The van der Waals surface area contributed by atoms with E-state index in [1.165, 1.54) is 24.7 Å². The van der Waals surface area contributed by atoms with Crippen LogP contribution < -0.4 is 5.43 Å². The summed E-state index contributed by atoms with van der Waals surface area (Å²) in [7, 11) is 0. The van der Waals surface area contributed by atoms with Gasteiger partial charge < -0.3 is 19.1 Å². The van der Waals surface area contributed by atoms with Gasteiger partial charge in [0.05, 0.1) is 17.4 Å². The number of hydrogen-bond acceptors (Lipinski definition) is 5. The molecule has 2 atom stereocenters. The molecule has 2 unspecified atom stereocenters. The molecule has 3 aromatic rings. The number of pyridine rings is 2. The van der Waals surface area contributed by atoms with Gasteiger partial charge in [0.15, 0.2) is 5.60 Å². The fourth-order valence-electron chi connectivity index (χ4n) is 4.63. The maximum absolute atomic E-state index is 14.5. The first-order valence-electron chi connectivity index (χ1n) is 10.9. The maximum atomic E-state index is 14.5. The predicted molar refractivity (Wildman–Crippen MR) is 125 cm³/mol. The molecule has 10 heteroatoms. The van der Waals surface area contributed by atoms with Crippen LogP contribution in [0.25, 0.3) is 10.9 Å². The van der Waals surface area contributed by atoms with Crippen LogP contribution in [-0.2, 0) is 22.4 Å². The van der Waals surface area contributed by atoms with Crippen molar-refractivity contribution in [2.45, 2.75) is 44.5 Å². The lowest BCUT2D eigenvalue weighted by Gasteiger charge is -2.40. The minimum atomic E-state index is -4.98. The van der Waals surface area contributed by atoms with E-state index in [0.717, 1.165) is 16.3 Å². The normalized spacial score (nSPS) is 17.3. The van der Waals surface area contributed by atoms with E-state index >= 15 is 0 Å². The van der Waals surface area contributed by atoms with Crippen LogP contribution >= 0.6 is 11.6 Å². The number of rotatable bonds is 8. The topological polar surface area (TPSA) is 73.6 Å². The highest BCUT2D eigenvalue weighted by Gasteiger charge is 2.56. The molecule has 1 aliphatic heterocycles. The number of fused-ring (bicyclic) bond motifs is 1. The Bertz CT molecular complexity index is 1300. The summed E-state index contributed by atoms with van der Waals surface area (Å²) in [4.78, 5) is 16.2. The average molecular weight is 509 g/mol. The Kier molecular flexibility index (Phi) is 6.83. The van der Waals surface area contributed by atoms with E-state index in [0.29, 0.717) is 5.76 Å². The highest BCUT2D eigenvalue weighted by molar-refractivity contribution is 6.31. The quantitative estimate of drug-likeness (QED) is 0.452. The molecule has 0 bridgehead atoms. The molecule has 0 fully saturated rings. The minimum Gasteiger partial charge on any atom is -0.462 e. The molecule has 0 saturated heterocycles. The van der Waals surface area contributed by atoms with Gasteiger partial charge in [0.1, 0.15) is 17.0 Å². The lowest BCUT2D eigenvalue weighted by molar-refractivity contribution is -0.275. The number of halogens is 4. The molecule has 3 heterocycles. The molecule has 0 spiro atoms. The zero-order chi connectivity index (χ0) is 25.3. The summed E-state index contributed by atoms with van der Waals surface area (Å²) in [6, 6.07) is 10.5. The van der Waals surface area contributed by atoms with Crippen LogP contribution in [0, 0.1) is 5.41 Å². The third-order valence-electron chi connectivity index (χ3n) is 6.12. The average Bonchev–Trinajstić information content (AvgIpc) is 3.29. The number of aromatic nitrogens is 2. The Morgan fingerprint density at radius 1 is 1.17 bits per heavy atom. The largest absolute Gasteiger partial charge is 0.462 e. The molecule has 0 radical (unpaired) electrons. The van der Waals surface area contributed by atoms with E-state index < -0.39 is 35.6 Å². The molecule has 186 valence electrons. The summed E-state index contributed by atoms with van der Waals surface area (Å²) < 4.78 is 55.2. The second-order valence-corrected chi connectivity index (χ2v) is 9.60. The lowest BCUT2D eigenvalue weighted by Crippen LogP contribution is -2.52. The van der Waals surface area contributed by atoms with Crippen molar-refractivity contribution in [2.24, 2.45) is 5.41 Å². The van der Waals surface area contributed by atoms with Crippen molar-refractivity contribution in [3.8, 4) is 0 Å². The number of nitrogens with zero attached hydrogens (tertiary/aromatic N) is 2. The SMILES string of the molecule is CC(CC1=COCO1)(Cc1ccccc1)CC(O)(Cn1cc(Cl)c(=O)c2cnccc21)C(F)(F)F. The second kappa shape index (κ2) is 9.54. The fourth-order valence-corrected chi connectivity index (χ4v) is 4.85. The van der Waals surface area contributed by atoms with E-state index in [1.807, 2.05) is 30.3 Å². The van der Waals surface area contributed by atoms with E-state index in [-0.39, 0.29) is 35.6 Å². The van der Waals surface area contributed by atoms with Crippen LogP contribution in [0.2, 0.25) is 5.02 Å². The molecule has 1 N–H and O–H groups in total. The van der Waals surface area contributed by atoms with Crippen LogP contribution in [0.15, 0.2) is 71.8 Å². The minimum absolute atomic E-state index is 0.00376. The molecule has 0 aliphatic carbocycles. The van der Waals surface area contributed by atoms with E-state index in [4.69, 9.17) is 21.1 Å². The third-order valence-corrected chi connectivity index (χ3v) is 6.39. The zero-order valence-electron chi connectivity index (χ0n) is 18.9. The van der Waals surface area contributed by atoms with Crippen molar-refractivity contribution < 1.29 is 27.8 Å². The zero-order valence-corrected chi connectivity index (χ0v) is 19.6. The third kappa shape index (κ3) is 5.46. The Morgan fingerprint density at radius 2 is 1.91 bits per heavy atom. The molecule has 6 nitrogen and oxygen atoms in total. The molecule has 1 aliphatic rings. The van der Waals surface area contributed by atoms with Crippen molar-refractivity contribution in [1.82, 2.24) is 9.55 Å². The molecule has 0 amide bonds. The Labute approximate surface area is 204 Å². The highest BCUT2D eigenvalue weighted by Crippen LogP contribution is 2.45. The van der Waals surface area contributed by atoms with Crippen molar-refractivity contribution in [1.29, 1.82) is 0 Å². The van der Waals surface area contributed by atoms with E-state index in [1.54, 1.807) is 6.92 Å². The number of aliphatic hydroxyl groups is 1. The first-order chi connectivity index (χ1) is 16.5. The first kappa shape index (κ1) is 25.1. The number of alkyl halides is 3. The summed E-state index contributed by atoms with van der Waals surface area (Å²) in [5, 5.41) is 11.0. The van der Waals surface area contributed by atoms with Crippen molar-refractivity contribution in [2.75, 3.05) is 6.79 Å². The van der Waals surface area contributed by atoms with E-state index in [2.05, 4.69) is 4.98 Å². The monoisotopic (exact) mass is 508 g/mol. The van der Waals surface area contributed by atoms with Gasteiger partial charge in [-0.15, -0.1) is 0 Å². The molecular formula is C25H24ClF3N2O4. The second-order valence-electron chi connectivity index (χ2n) is 9.20. The molecule has 35 heavy (non-hydrogen) atoms. The molecule has 4 rings (SSSR count). The van der Waals surface area contributed by atoms with Gasteiger partial charge in [-0.1, -0.05) is 48.9 Å². The number of allylic oxidation sites excluding steroid dienone is 1. The van der Waals surface area contributed by atoms with Gasteiger partial charge in [0.25, 0.3) is 0 Å². The smallest absolute Gasteiger partial charge is 0.418 e. The van der Waals surface area contributed by atoms with Gasteiger partial charge in [-0.2, -0.15) is 13.2 Å². The molecule has 1 aromatic carbocycles. The standard InChI is InChI=1S/C25H24ClF3N2O4/c1-23(10-18-13-34-16-35-18,9-17-5-3-2-4-6-17)14-24(33,25(27,28)29)15-31-12-20(26)22(32)19-11-30-8-7-21(19)31/h2-8,11-13,33H,9-10,14-16H2,1H3. The molecule has 0 saturated carbocycles. The lowest BCUT2D eigenvalue weighted by atomic mass is 9.71. The van der Waals surface area contributed by atoms with Crippen molar-refractivity contribution >= 4 is 22.5 Å². The van der Waals surface area contributed by atoms with Crippen molar-refractivity contribution in [3.63, 3.8) is 0 Å². The van der Waals surface area contributed by atoms with Crippen LogP contribution in [0.4, 0.5) is 13.2 Å². The van der Waals surface area contributed by atoms with Crippen LogP contribution in [0.5, 0.6) is 0 Å². The van der Waals surface area contributed by atoms with Crippen LogP contribution in [-0.4, -0.2) is 33.2 Å². The van der Waals surface area contributed by atoms with Gasteiger partial charge in [0.2, 0.25) is 12.2 Å². The molecule has 2 aromatic heterocycles. The maximum Gasteiger partial charge on any atom is 0.418 e. The van der Waals surface area contributed by atoms with Gasteiger partial charge >= 0.3 is 6.18 Å². The predicted octanol–water partition coefficient (Wildman–Crippen LogP) is 5.22. The van der Waals surface area contributed by atoms with E-state index in [9.17, 15) is 23.1 Å². The van der Waals surface area contributed by atoms with Gasteiger partial charge in [-0.25, -0.2) is 0 Å². The van der Waals surface area contributed by atoms with Gasteiger partial charge in [0, 0.05) is 25.0 Å². The molecular weight excluding hydrogens is 485 g/mol. The number of benzene rings is 1. The number of ether oxygens (including phenoxy) is 2. The Balaban J connectivity index is 1.75. The van der Waals surface area contributed by atoms with Gasteiger partial charge in [-0.3, -0.25) is 9.78 Å². The Hall–Kier alpha value is -3.04. The van der Waals surface area contributed by atoms with Crippen LogP contribution in [0.3, 0.4) is 0 Å². The first-order valence-corrected chi connectivity index (χ1v) is 11.3. The summed E-state index contributed by atoms with van der Waals surface area (Å²) in [5.74, 6) is 0.413. The summed E-state index contributed by atoms with van der Waals surface area (Å²) in [6.45, 7) is 0.813. The highest BCUT2D eigenvalue weighted by atomic mass is 35.5. The summed E-state index contributed by atoms with van der Waals surface area (Å²) in [5.41, 5.74) is -3.74. The van der Waals surface area contributed by atoms with Crippen LogP contribution in [0.1, 0.15) is 25.3 Å². The van der Waals surface area contributed by atoms with Gasteiger partial charge in [-0.05, 0) is 29.9 Å². The Morgan fingerprint density at radius 3 is 2.57 bits per heavy atom.